The number of nitriles is 1. The van der Waals surface area contributed by atoms with Gasteiger partial charge in [0.2, 0.25) is 0 Å². The number of alkyl carbamates (subject to hydrolysis) is 1. The summed E-state index contributed by atoms with van der Waals surface area (Å²) in [6.45, 7) is 0. The molecule has 2 atom stereocenters. The molecule has 1 amide bonds. The average Bonchev–Trinajstić information content (AvgIpc) is 2.48. The van der Waals surface area contributed by atoms with Gasteiger partial charge in [0, 0.05) is 5.92 Å². The molecule has 1 aliphatic rings. The number of ether oxygens (including phenoxy) is 1. The molecule has 1 aromatic rings. The molecule has 0 aliphatic heterocycles. The predicted molar refractivity (Wildman–Crippen MR) is 71.5 cm³/mol. The van der Waals surface area contributed by atoms with Crippen LogP contribution in [0.2, 0.25) is 0 Å². The molecule has 1 fully saturated rings. The minimum Gasteiger partial charge on any atom is -0.453 e. The summed E-state index contributed by atoms with van der Waals surface area (Å²) in [7, 11) is 1.32. The van der Waals surface area contributed by atoms with E-state index in [1.165, 1.54) is 7.11 Å². The quantitative estimate of drug-likeness (QED) is 0.887. The fraction of sp³-hybridized carbons (Fsp3) is 0.467. The Bertz CT molecular complexity index is 481. The van der Waals surface area contributed by atoms with E-state index in [1.54, 1.807) is 0 Å². The van der Waals surface area contributed by atoms with Crippen LogP contribution in [-0.4, -0.2) is 18.7 Å². The van der Waals surface area contributed by atoms with Gasteiger partial charge >= 0.3 is 6.09 Å². The highest BCUT2D eigenvalue weighted by Crippen LogP contribution is 2.40. The highest BCUT2D eigenvalue weighted by molar-refractivity contribution is 5.69. The van der Waals surface area contributed by atoms with Crippen LogP contribution in [0, 0.1) is 11.3 Å². The summed E-state index contributed by atoms with van der Waals surface area (Å²) in [6.07, 6.45) is 3.05. The second kappa shape index (κ2) is 5.75. The van der Waals surface area contributed by atoms with E-state index in [9.17, 15) is 10.1 Å². The van der Waals surface area contributed by atoms with Gasteiger partial charge in [0.05, 0.1) is 13.2 Å². The molecule has 4 nitrogen and oxygen atoms in total. The van der Waals surface area contributed by atoms with Crippen LogP contribution >= 0.6 is 0 Å². The maximum atomic E-state index is 11.5. The second-order valence-electron chi connectivity index (χ2n) is 4.91. The molecule has 1 saturated carbocycles. The summed E-state index contributed by atoms with van der Waals surface area (Å²) in [5.41, 5.74) is 0.243. The highest BCUT2D eigenvalue weighted by Gasteiger charge is 2.43. The smallest absolute Gasteiger partial charge is 0.408 e. The van der Waals surface area contributed by atoms with Crippen molar-refractivity contribution in [2.24, 2.45) is 0 Å². The summed E-state index contributed by atoms with van der Waals surface area (Å²) in [5, 5.41) is 12.4. The number of nitrogens with one attached hydrogen (secondary N) is 1. The molecule has 0 unspecified atom stereocenters. The van der Waals surface area contributed by atoms with Gasteiger partial charge in [-0.3, -0.25) is 0 Å². The first kappa shape index (κ1) is 13.4. The number of rotatable bonds is 2. The molecule has 100 valence electrons. The van der Waals surface area contributed by atoms with Gasteiger partial charge in [-0.1, -0.05) is 36.8 Å². The molecule has 0 aromatic heterocycles. The zero-order chi connectivity index (χ0) is 13.7. The molecule has 1 N–H and O–H groups in total. The van der Waals surface area contributed by atoms with Crippen molar-refractivity contribution in [3.63, 3.8) is 0 Å². The Morgan fingerprint density at radius 1 is 1.42 bits per heavy atom. The molecule has 0 bridgehead atoms. The van der Waals surface area contributed by atoms with Crippen molar-refractivity contribution in [3.05, 3.63) is 35.9 Å². The Hall–Kier alpha value is -2.02. The summed E-state index contributed by atoms with van der Waals surface area (Å²) in [4.78, 5) is 11.5. The molecule has 0 heterocycles. The Morgan fingerprint density at radius 3 is 2.79 bits per heavy atom. The molecule has 4 heteroatoms. The fourth-order valence-corrected chi connectivity index (χ4v) is 2.85. The molecule has 1 aromatic carbocycles. The maximum Gasteiger partial charge on any atom is 0.408 e. The average molecular weight is 258 g/mol. The van der Waals surface area contributed by atoms with Crippen LogP contribution in [0.1, 0.15) is 37.2 Å². The van der Waals surface area contributed by atoms with E-state index in [-0.39, 0.29) is 5.92 Å². The van der Waals surface area contributed by atoms with E-state index in [2.05, 4.69) is 16.1 Å². The molecule has 0 spiro atoms. The number of amides is 1. The van der Waals surface area contributed by atoms with Crippen LogP contribution in [0.15, 0.2) is 30.3 Å². The highest BCUT2D eigenvalue weighted by atomic mass is 16.5. The first-order valence-electron chi connectivity index (χ1n) is 6.54. The lowest BCUT2D eigenvalue weighted by molar-refractivity contribution is 0.150. The largest absolute Gasteiger partial charge is 0.453 e. The van der Waals surface area contributed by atoms with Gasteiger partial charge < -0.3 is 10.1 Å². The predicted octanol–water partition coefficient (Wildman–Crippen LogP) is 2.96. The van der Waals surface area contributed by atoms with Crippen LogP contribution in [-0.2, 0) is 4.74 Å². The van der Waals surface area contributed by atoms with E-state index >= 15 is 0 Å². The van der Waals surface area contributed by atoms with E-state index in [4.69, 9.17) is 0 Å². The summed E-state index contributed by atoms with van der Waals surface area (Å²) in [6, 6.07) is 12.2. The second-order valence-corrected chi connectivity index (χ2v) is 4.91. The SMILES string of the molecule is COC(=O)N[C@]1(C#N)CCCC[C@H]1c1ccccc1. The van der Waals surface area contributed by atoms with Crippen molar-refractivity contribution in [1.82, 2.24) is 5.32 Å². The van der Waals surface area contributed by atoms with Crippen LogP contribution in [0.5, 0.6) is 0 Å². The number of carbonyl (C=O) groups excluding carboxylic acids is 1. The number of benzene rings is 1. The van der Waals surface area contributed by atoms with Crippen LogP contribution < -0.4 is 5.32 Å². The van der Waals surface area contributed by atoms with Gasteiger partial charge in [0.1, 0.15) is 5.54 Å². The van der Waals surface area contributed by atoms with Gasteiger partial charge in [-0.05, 0) is 24.8 Å². The van der Waals surface area contributed by atoms with Crippen molar-refractivity contribution in [3.8, 4) is 6.07 Å². The van der Waals surface area contributed by atoms with E-state index < -0.39 is 11.6 Å². The third-order valence-electron chi connectivity index (χ3n) is 3.82. The first-order valence-corrected chi connectivity index (χ1v) is 6.54. The molecular formula is C15H18N2O2. The molecule has 0 radical (unpaired) electrons. The van der Waals surface area contributed by atoms with Crippen molar-refractivity contribution < 1.29 is 9.53 Å². The van der Waals surface area contributed by atoms with Crippen LogP contribution in [0.4, 0.5) is 4.79 Å². The number of hydrogen-bond donors (Lipinski definition) is 1. The molecule has 2 rings (SSSR count). The van der Waals surface area contributed by atoms with Gasteiger partial charge in [-0.15, -0.1) is 0 Å². The summed E-state index contributed by atoms with van der Waals surface area (Å²) in [5.74, 6) is 0.0200. The third-order valence-corrected chi connectivity index (χ3v) is 3.82. The standard InChI is InChI=1S/C15H18N2O2/c1-19-14(18)17-15(11-16)10-6-5-9-13(15)12-7-3-2-4-8-12/h2-4,7-8,13H,5-6,9-10H2,1H3,(H,17,18)/t13-,15-/m0/s1. The van der Waals surface area contributed by atoms with E-state index in [0.29, 0.717) is 6.42 Å². The number of carbonyl (C=O) groups is 1. The zero-order valence-electron chi connectivity index (χ0n) is 11.1. The maximum absolute atomic E-state index is 11.5. The van der Waals surface area contributed by atoms with Gasteiger partial charge in [0.15, 0.2) is 0 Å². The minimum absolute atomic E-state index is 0.0200. The van der Waals surface area contributed by atoms with Crippen LogP contribution in [0.3, 0.4) is 0 Å². The van der Waals surface area contributed by atoms with Gasteiger partial charge in [0.25, 0.3) is 0 Å². The lowest BCUT2D eigenvalue weighted by atomic mass is 9.70. The van der Waals surface area contributed by atoms with Crippen molar-refractivity contribution in [2.45, 2.75) is 37.1 Å². The zero-order valence-corrected chi connectivity index (χ0v) is 11.1. The lowest BCUT2D eigenvalue weighted by Crippen LogP contribution is -2.53. The van der Waals surface area contributed by atoms with Crippen molar-refractivity contribution in [1.29, 1.82) is 5.26 Å². The summed E-state index contributed by atoms with van der Waals surface area (Å²) >= 11 is 0. The van der Waals surface area contributed by atoms with Crippen molar-refractivity contribution >= 4 is 6.09 Å². The Balaban J connectivity index is 2.33. The Morgan fingerprint density at radius 2 is 2.16 bits per heavy atom. The lowest BCUT2D eigenvalue weighted by Gasteiger charge is -2.39. The fourth-order valence-electron chi connectivity index (χ4n) is 2.85. The third kappa shape index (κ3) is 2.70. The monoisotopic (exact) mass is 258 g/mol. The molecule has 1 aliphatic carbocycles. The van der Waals surface area contributed by atoms with E-state index in [0.717, 1.165) is 24.8 Å². The first-order chi connectivity index (χ1) is 9.22. The van der Waals surface area contributed by atoms with Gasteiger partial charge in [-0.2, -0.15) is 5.26 Å². The number of nitrogens with zero attached hydrogens (tertiary/aromatic N) is 1. The van der Waals surface area contributed by atoms with E-state index in [1.807, 2.05) is 30.3 Å². The summed E-state index contributed by atoms with van der Waals surface area (Å²) < 4.78 is 4.66. The topological polar surface area (TPSA) is 62.1 Å². The number of methoxy groups -OCH3 is 1. The minimum atomic E-state index is -0.854. The van der Waals surface area contributed by atoms with Crippen molar-refractivity contribution in [2.75, 3.05) is 7.11 Å². The Labute approximate surface area is 113 Å². The van der Waals surface area contributed by atoms with Gasteiger partial charge in [-0.25, -0.2) is 4.79 Å². The normalized spacial score (nSPS) is 26.2. The van der Waals surface area contributed by atoms with Crippen LogP contribution in [0.25, 0.3) is 0 Å². The molecular weight excluding hydrogens is 240 g/mol. The molecule has 19 heavy (non-hydrogen) atoms. The Kier molecular flexibility index (Phi) is 4.06. The molecule has 0 saturated heterocycles. The number of hydrogen-bond acceptors (Lipinski definition) is 3.